The van der Waals surface area contributed by atoms with E-state index >= 15 is 0 Å². The van der Waals surface area contributed by atoms with E-state index in [1.54, 1.807) is 0 Å². The first-order chi connectivity index (χ1) is 10.3. The molecule has 0 fully saturated rings. The Hall–Kier alpha value is -1.32. The van der Waals surface area contributed by atoms with Gasteiger partial charge in [0.05, 0.1) is 0 Å². The third-order valence-electron chi connectivity index (χ3n) is 3.94. The van der Waals surface area contributed by atoms with E-state index in [1.807, 2.05) is 18.2 Å². The molecule has 0 saturated heterocycles. The van der Waals surface area contributed by atoms with E-state index in [0.29, 0.717) is 6.61 Å². The Balaban J connectivity index is 1.77. The molecule has 1 aliphatic heterocycles. The fourth-order valence-electron chi connectivity index (χ4n) is 2.78. The van der Waals surface area contributed by atoms with Gasteiger partial charge in [0, 0.05) is 22.2 Å². The predicted molar refractivity (Wildman–Crippen MR) is 89.3 cm³/mol. The van der Waals surface area contributed by atoms with Gasteiger partial charge in [-0.2, -0.15) is 0 Å². The molecular formula is C18H19BrO2. The molecule has 0 saturated carbocycles. The molecular weight excluding hydrogens is 328 g/mol. The maximum Gasteiger partial charge on any atom is 0.135 e. The summed E-state index contributed by atoms with van der Waals surface area (Å²) >= 11 is 3.75. The van der Waals surface area contributed by atoms with Crippen LogP contribution >= 0.6 is 15.9 Å². The van der Waals surface area contributed by atoms with E-state index in [0.717, 1.165) is 53.7 Å². The lowest BCUT2D eigenvalue weighted by Gasteiger charge is -2.26. The first-order valence-corrected chi connectivity index (χ1v) is 8.26. The third-order valence-corrected chi connectivity index (χ3v) is 4.84. The maximum atomic E-state index is 8.83. The van der Waals surface area contributed by atoms with Crippen LogP contribution in [0.4, 0.5) is 0 Å². The van der Waals surface area contributed by atoms with Gasteiger partial charge in [-0.15, -0.1) is 0 Å². The topological polar surface area (TPSA) is 29.5 Å². The lowest BCUT2D eigenvalue weighted by molar-refractivity contribution is 0.283. The van der Waals surface area contributed by atoms with E-state index in [-0.39, 0.29) is 0 Å². The number of fused-ring (bicyclic) bond motifs is 2. The van der Waals surface area contributed by atoms with Crippen molar-refractivity contribution in [2.75, 3.05) is 6.61 Å². The number of unbranched alkanes of at least 4 members (excludes halogenated alkanes) is 2. The number of rotatable bonds is 5. The van der Waals surface area contributed by atoms with Gasteiger partial charge in [0.15, 0.2) is 0 Å². The minimum absolute atomic E-state index is 0.296. The number of hydrogen-bond acceptors (Lipinski definition) is 2. The zero-order valence-corrected chi connectivity index (χ0v) is 13.5. The first-order valence-electron chi connectivity index (χ1n) is 7.46. The van der Waals surface area contributed by atoms with Crippen molar-refractivity contribution in [2.45, 2.75) is 32.1 Å². The van der Waals surface area contributed by atoms with Crippen LogP contribution in [0.15, 0.2) is 53.3 Å². The first kappa shape index (κ1) is 14.6. The highest BCUT2D eigenvalue weighted by Gasteiger charge is 2.24. The van der Waals surface area contributed by atoms with E-state index in [9.17, 15) is 0 Å². The molecule has 0 radical (unpaired) electrons. The van der Waals surface area contributed by atoms with E-state index in [1.165, 1.54) is 11.1 Å². The average Bonchev–Trinajstić information content (AvgIpc) is 2.52. The summed E-state index contributed by atoms with van der Waals surface area (Å²) in [6.07, 6.45) is 9.43. The molecule has 1 aromatic carbocycles. The Labute approximate surface area is 134 Å². The molecule has 3 heteroatoms. The van der Waals surface area contributed by atoms with Gasteiger partial charge in [-0.1, -0.05) is 36.3 Å². The molecule has 0 aromatic heterocycles. The van der Waals surface area contributed by atoms with Gasteiger partial charge < -0.3 is 9.84 Å². The molecule has 0 amide bonds. The standard InChI is InChI=1S/C18H19BrO2/c19-18-14-7-3-4-8-16(14)21-17-10-9-13(12-15(17)18)6-2-1-5-11-20/h3-4,7-10,20H,1-2,5-6,11-12H2. The van der Waals surface area contributed by atoms with Crippen LogP contribution in [0.5, 0.6) is 5.75 Å². The van der Waals surface area contributed by atoms with E-state index < -0.39 is 0 Å². The minimum atomic E-state index is 0.296. The monoisotopic (exact) mass is 346 g/mol. The summed E-state index contributed by atoms with van der Waals surface area (Å²) in [5.74, 6) is 1.87. The predicted octanol–water partition coefficient (Wildman–Crippen LogP) is 4.95. The molecule has 21 heavy (non-hydrogen) atoms. The number of para-hydroxylation sites is 1. The van der Waals surface area contributed by atoms with Crippen molar-refractivity contribution in [3.63, 3.8) is 0 Å². The van der Waals surface area contributed by atoms with Crippen molar-refractivity contribution in [2.24, 2.45) is 0 Å². The van der Waals surface area contributed by atoms with Gasteiger partial charge in [-0.3, -0.25) is 0 Å². The highest BCUT2D eigenvalue weighted by atomic mass is 79.9. The second kappa shape index (κ2) is 6.63. The molecule has 0 unspecified atom stereocenters. The van der Waals surface area contributed by atoms with Crippen molar-refractivity contribution in [3.8, 4) is 5.75 Å². The lowest BCUT2D eigenvalue weighted by atomic mass is 9.91. The molecule has 1 N–H and O–H groups in total. The van der Waals surface area contributed by atoms with Gasteiger partial charge in [0.1, 0.15) is 11.5 Å². The lowest BCUT2D eigenvalue weighted by Crippen LogP contribution is -2.11. The molecule has 3 rings (SSSR count). The molecule has 0 spiro atoms. The zero-order valence-electron chi connectivity index (χ0n) is 11.9. The molecule has 1 aromatic rings. The SMILES string of the molecule is OCCCCCC1=CC=C2Oc3ccccc3C(Br)=C2C1. The van der Waals surface area contributed by atoms with Crippen LogP contribution < -0.4 is 4.74 Å². The molecule has 1 aliphatic carbocycles. The molecule has 2 nitrogen and oxygen atoms in total. The summed E-state index contributed by atoms with van der Waals surface area (Å²) in [7, 11) is 0. The minimum Gasteiger partial charge on any atom is -0.456 e. The Kier molecular flexibility index (Phi) is 4.61. The van der Waals surface area contributed by atoms with Crippen molar-refractivity contribution < 1.29 is 9.84 Å². The third kappa shape index (κ3) is 3.14. The Bertz CT molecular complexity index is 626. The van der Waals surface area contributed by atoms with Crippen molar-refractivity contribution in [3.05, 3.63) is 58.9 Å². The van der Waals surface area contributed by atoms with E-state index in [4.69, 9.17) is 9.84 Å². The van der Waals surface area contributed by atoms with E-state index in [2.05, 4.69) is 34.1 Å². The number of ether oxygens (including phenoxy) is 1. The molecule has 1 heterocycles. The van der Waals surface area contributed by atoms with Crippen molar-refractivity contribution in [1.29, 1.82) is 0 Å². The van der Waals surface area contributed by atoms with Gasteiger partial charge in [0.2, 0.25) is 0 Å². The normalized spacial score (nSPS) is 16.7. The Morgan fingerprint density at radius 2 is 1.95 bits per heavy atom. The van der Waals surface area contributed by atoms with Gasteiger partial charge in [-0.25, -0.2) is 0 Å². The number of aliphatic hydroxyl groups excluding tert-OH is 1. The van der Waals surface area contributed by atoms with Gasteiger partial charge in [-0.05, 0) is 53.8 Å². The second-order valence-corrected chi connectivity index (χ2v) is 6.25. The second-order valence-electron chi connectivity index (χ2n) is 5.46. The largest absolute Gasteiger partial charge is 0.456 e. The fraction of sp³-hybridized carbons (Fsp3) is 0.333. The summed E-state index contributed by atoms with van der Waals surface area (Å²) < 4.78 is 7.14. The summed E-state index contributed by atoms with van der Waals surface area (Å²) in [6.45, 7) is 0.296. The van der Waals surface area contributed by atoms with Crippen LogP contribution in [-0.4, -0.2) is 11.7 Å². The van der Waals surface area contributed by atoms with Crippen molar-refractivity contribution in [1.82, 2.24) is 0 Å². The summed E-state index contributed by atoms with van der Waals surface area (Å²) in [5.41, 5.74) is 3.81. The van der Waals surface area contributed by atoms with Crippen LogP contribution in [-0.2, 0) is 0 Å². The number of halogens is 1. The fourth-order valence-corrected chi connectivity index (χ4v) is 3.44. The van der Waals surface area contributed by atoms with Crippen LogP contribution in [0, 0.1) is 0 Å². The average molecular weight is 347 g/mol. The maximum absolute atomic E-state index is 8.83. The van der Waals surface area contributed by atoms with Crippen LogP contribution in [0.3, 0.4) is 0 Å². The summed E-state index contributed by atoms with van der Waals surface area (Å²) in [5, 5.41) is 8.83. The summed E-state index contributed by atoms with van der Waals surface area (Å²) in [4.78, 5) is 0. The van der Waals surface area contributed by atoms with Crippen LogP contribution in [0.25, 0.3) is 4.48 Å². The van der Waals surface area contributed by atoms with Gasteiger partial charge >= 0.3 is 0 Å². The van der Waals surface area contributed by atoms with Crippen LogP contribution in [0.1, 0.15) is 37.7 Å². The molecule has 2 aliphatic rings. The quantitative estimate of drug-likeness (QED) is 0.764. The highest BCUT2D eigenvalue weighted by molar-refractivity contribution is 9.15. The number of aliphatic hydroxyl groups is 1. The highest BCUT2D eigenvalue weighted by Crippen LogP contribution is 2.44. The Morgan fingerprint density at radius 3 is 2.81 bits per heavy atom. The number of hydrogen-bond donors (Lipinski definition) is 1. The zero-order chi connectivity index (χ0) is 14.7. The van der Waals surface area contributed by atoms with Gasteiger partial charge in [0.25, 0.3) is 0 Å². The van der Waals surface area contributed by atoms with Crippen molar-refractivity contribution >= 4 is 20.4 Å². The number of allylic oxidation sites excluding steroid dienone is 4. The molecule has 0 bridgehead atoms. The molecule has 110 valence electrons. The van der Waals surface area contributed by atoms with Crippen LogP contribution in [0.2, 0.25) is 0 Å². The molecule has 0 atom stereocenters. The number of benzene rings is 1. The summed E-state index contributed by atoms with van der Waals surface area (Å²) in [6, 6.07) is 8.12. The Morgan fingerprint density at radius 1 is 1.10 bits per heavy atom. The smallest absolute Gasteiger partial charge is 0.135 e.